The van der Waals surface area contributed by atoms with E-state index in [-0.39, 0.29) is 36.2 Å². The third-order valence-corrected chi connectivity index (χ3v) is 8.78. The third-order valence-electron chi connectivity index (χ3n) is 8.78. The number of nitrogens with one attached hydrogen (secondary N) is 1. The minimum Gasteiger partial charge on any atom is -0.394 e. The fraction of sp³-hybridized carbons (Fsp3) is 0.452. The van der Waals surface area contributed by atoms with Gasteiger partial charge in [-0.2, -0.15) is 0 Å². The van der Waals surface area contributed by atoms with Crippen molar-refractivity contribution in [2.75, 3.05) is 23.9 Å². The standard InChI is InChI=1S/C31H37N3O10/c1-16(6-5-9-23(36)34-14-18-8-4-3-7-17(18)12-20(34)15-35)31(43)21-13-19(10-11-22(21)33(2)30(31)42)32-28(40)27-25(38)24(37)26(39)29(41)44-27/h3-8,10-11,13,16,20,24-27,29,35,37-39,41,43H,9,12,14-15H2,1-2H3,(H,32,40)/b6-5+/t16-,20-,24-,25-,26+,27-,29+,31+/m0/s1. The number of rotatable bonds is 7. The van der Waals surface area contributed by atoms with Crippen molar-refractivity contribution in [3.05, 3.63) is 71.3 Å². The number of hydrogen-bond acceptors (Lipinski definition) is 10. The molecule has 0 unspecified atom stereocenters. The smallest absolute Gasteiger partial charge is 0.264 e. The summed E-state index contributed by atoms with van der Waals surface area (Å²) in [6, 6.07) is 11.8. The monoisotopic (exact) mass is 611 g/mol. The van der Waals surface area contributed by atoms with Gasteiger partial charge in [0.05, 0.1) is 18.3 Å². The normalized spacial score (nSPS) is 30.7. The van der Waals surface area contributed by atoms with Gasteiger partial charge >= 0.3 is 0 Å². The highest BCUT2D eigenvalue weighted by molar-refractivity contribution is 6.07. The van der Waals surface area contributed by atoms with Crippen molar-refractivity contribution >= 4 is 29.1 Å². The van der Waals surface area contributed by atoms with E-state index in [2.05, 4.69) is 5.32 Å². The summed E-state index contributed by atoms with van der Waals surface area (Å²) in [7, 11) is 1.50. The van der Waals surface area contributed by atoms with Crippen LogP contribution < -0.4 is 10.2 Å². The lowest BCUT2D eigenvalue weighted by Gasteiger charge is -2.37. The van der Waals surface area contributed by atoms with Gasteiger partial charge in [-0.1, -0.05) is 43.3 Å². The van der Waals surface area contributed by atoms with E-state index >= 15 is 0 Å². The van der Waals surface area contributed by atoms with Gasteiger partial charge < -0.3 is 50.5 Å². The first-order valence-corrected chi connectivity index (χ1v) is 14.4. The first kappa shape index (κ1) is 31.7. The number of fused-ring (bicyclic) bond motifs is 2. The average molecular weight is 612 g/mol. The largest absolute Gasteiger partial charge is 0.394 e. The Bertz CT molecular complexity index is 1470. The van der Waals surface area contributed by atoms with Crippen LogP contribution in [0.3, 0.4) is 0 Å². The molecule has 3 aliphatic heterocycles. The molecule has 2 aromatic carbocycles. The van der Waals surface area contributed by atoms with Crippen LogP contribution in [0.2, 0.25) is 0 Å². The lowest BCUT2D eigenvalue weighted by Crippen LogP contribution is -2.60. The molecule has 236 valence electrons. The third kappa shape index (κ3) is 5.52. The van der Waals surface area contributed by atoms with Crippen LogP contribution in [0.25, 0.3) is 0 Å². The summed E-state index contributed by atoms with van der Waals surface area (Å²) >= 11 is 0. The second kappa shape index (κ2) is 12.4. The number of anilines is 2. The second-order valence-electron chi connectivity index (χ2n) is 11.5. The fourth-order valence-electron chi connectivity index (χ4n) is 6.10. The predicted molar refractivity (Wildman–Crippen MR) is 156 cm³/mol. The molecular formula is C31H37N3O10. The number of carbonyl (C=O) groups is 3. The Balaban J connectivity index is 1.30. The summed E-state index contributed by atoms with van der Waals surface area (Å²) < 4.78 is 4.98. The fourth-order valence-corrected chi connectivity index (χ4v) is 6.10. The van der Waals surface area contributed by atoms with Gasteiger partial charge in [0, 0.05) is 37.2 Å². The number of carbonyl (C=O) groups excluding carboxylic acids is 3. The molecule has 0 saturated carbocycles. The summed E-state index contributed by atoms with van der Waals surface area (Å²) in [5.41, 5.74) is 0.794. The van der Waals surface area contributed by atoms with Gasteiger partial charge in [0.1, 0.15) is 18.3 Å². The Morgan fingerprint density at radius 3 is 2.50 bits per heavy atom. The minimum atomic E-state index is -2.04. The quantitative estimate of drug-likeness (QED) is 0.193. The highest BCUT2D eigenvalue weighted by atomic mass is 16.6. The molecule has 0 bridgehead atoms. The molecule has 0 aliphatic carbocycles. The highest BCUT2D eigenvalue weighted by Crippen LogP contribution is 2.45. The molecular weight excluding hydrogens is 574 g/mol. The SMILES string of the molecule is C[C@@H](/C=C/CC(=O)N1Cc2ccccc2C[C@H]1CO)[C@]1(O)C(=O)N(C)c2ccc(NC(=O)[C@H]3O[C@@H](O)[C@H](O)[C@@H](O)[C@@H]3O)cc21. The zero-order valence-electron chi connectivity index (χ0n) is 24.3. The van der Waals surface area contributed by atoms with Gasteiger partial charge in [0.25, 0.3) is 11.8 Å². The predicted octanol–water partition coefficient (Wildman–Crippen LogP) is -0.883. The van der Waals surface area contributed by atoms with E-state index in [1.54, 1.807) is 24.0 Å². The first-order chi connectivity index (χ1) is 20.9. The van der Waals surface area contributed by atoms with Gasteiger partial charge in [-0.05, 0) is 35.7 Å². The van der Waals surface area contributed by atoms with Crippen molar-refractivity contribution in [1.29, 1.82) is 0 Å². The number of aliphatic hydroxyl groups excluding tert-OH is 5. The molecule has 8 atom stereocenters. The van der Waals surface area contributed by atoms with Crippen molar-refractivity contribution in [3.8, 4) is 0 Å². The van der Waals surface area contributed by atoms with Gasteiger partial charge in [-0.15, -0.1) is 0 Å². The number of likely N-dealkylation sites (N-methyl/N-ethyl adjacent to an activating group) is 1. The van der Waals surface area contributed by atoms with Crippen LogP contribution in [-0.4, -0.2) is 104 Å². The highest BCUT2D eigenvalue weighted by Gasteiger charge is 2.52. The number of aliphatic hydroxyl groups is 6. The molecule has 0 spiro atoms. The zero-order chi connectivity index (χ0) is 31.9. The molecule has 0 aromatic heterocycles. The summed E-state index contributed by atoms with van der Waals surface area (Å²) in [6.45, 7) is 1.83. The maximum atomic E-state index is 13.3. The molecule has 13 heteroatoms. The molecule has 3 amide bonds. The summed E-state index contributed by atoms with van der Waals surface area (Å²) in [5, 5.41) is 63.7. The first-order valence-electron chi connectivity index (χ1n) is 14.4. The van der Waals surface area contributed by atoms with E-state index in [9.17, 15) is 45.0 Å². The Labute approximate surface area is 253 Å². The van der Waals surface area contributed by atoms with Crippen molar-refractivity contribution in [3.63, 3.8) is 0 Å². The molecule has 1 fully saturated rings. The van der Waals surface area contributed by atoms with E-state index in [1.165, 1.54) is 30.1 Å². The van der Waals surface area contributed by atoms with Crippen LogP contribution in [0.4, 0.5) is 11.4 Å². The Hall–Kier alpha value is -3.69. The molecule has 44 heavy (non-hydrogen) atoms. The van der Waals surface area contributed by atoms with Crippen molar-refractivity contribution in [2.24, 2.45) is 5.92 Å². The molecule has 0 radical (unpaired) electrons. The lowest BCUT2D eigenvalue weighted by atomic mass is 9.82. The number of benzene rings is 2. The summed E-state index contributed by atoms with van der Waals surface area (Å²) in [6.07, 6.45) is -5.37. The van der Waals surface area contributed by atoms with Crippen molar-refractivity contribution in [1.82, 2.24) is 4.90 Å². The molecule has 2 aromatic rings. The number of amides is 3. The van der Waals surface area contributed by atoms with Crippen LogP contribution >= 0.6 is 0 Å². The molecule has 1 saturated heterocycles. The van der Waals surface area contributed by atoms with E-state index in [1.807, 2.05) is 24.3 Å². The summed E-state index contributed by atoms with van der Waals surface area (Å²) in [5.74, 6) is -2.55. The van der Waals surface area contributed by atoms with Crippen molar-refractivity contribution in [2.45, 2.75) is 68.7 Å². The average Bonchev–Trinajstić information content (AvgIpc) is 3.21. The van der Waals surface area contributed by atoms with Crippen LogP contribution in [-0.2, 0) is 37.7 Å². The van der Waals surface area contributed by atoms with Gasteiger partial charge in [-0.25, -0.2) is 0 Å². The van der Waals surface area contributed by atoms with Crippen LogP contribution in [0.15, 0.2) is 54.6 Å². The van der Waals surface area contributed by atoms with Gasteiger partial charge in [-0.3, -0.25) is 14.4 Å². The van der Waals surface area contributed by atoms with Crippen molar-refractivity contribution < 1.29 is 49.8 Å². The van der Waals surface area contributed by atoms with E-state index in [0.29, 0.717) is 18.7 Å². The second-order valence-corrected chi connectivity index (χ2v) is 11.5. The maximum absolute atomic E-state index is 13.3. The number of hydrogen-bond donors (Lipinski definition) is 7. The van der Waals surface area contributed by atoms with E-state index in [4.69, 9.17) is 4.74 Å². The van der Waals surface area contributed by atoms with Gasteiger partial charge in [0.15, 0.2) is 18.0 Å². The van der Waals surface area contributed by atoms with Crippen LogP contribution in [0.5, 0.6) is 0 Å². The number of nitrogens with zero attached hydrogens (tertiary/aromatic N) is 2. The number of ether oxygens (including phenoxy) is 1. The Morgan fingerprint density at radius 2 is 1.80 bits per heavy atom. The van der Waals surface area contributed by atoms with Crippen LogP contribution in [0, 0.1) is 5.92 Å². The zero-order valence-corrected chi connectivity index (χ0v) is 24.3. The molecule has 3 aliphatic rings. The molecule has 5 rings (SSSR count). The van der Waals surface area contributed by atoms with E-state index in [0.717, 1.165) is 11.1 Å². The molecule has 13 nitrogen and oxygen atoms in total. The van der Waals surface area contributed by atoms with Gasteiger partial charge in [0.2, 0.25) is 5.91 Å². The minimum absolute atomic E-state index is 0.0117. The topological polar surface area (TPSA) is 200 Å². The Morgan fingerprint density at radius 1 is 1.09 bits per heavy atom. The maximum Gasteiger partial charge on any atom is 0.264 e. The van der Waals surface area contributed by atoms with E-state index < -0.39 is 54.0 Å². The molecule has 7 N–H and O–H groups in total. The Kier molecular flexibility index (Phi) is 8.92. The van der Waals surface area contributed by atoms with Crippen LogP contribution in [0.1, 0.15) is 30.0 Å². The lowest BCUT2D eigenvalue weighted by molar-refractivity contribution is -0.274. The molecule has 3 heterocycles. The summed E-state index contributed by atoms with van der Waals surface area (Å²) in [4.78, 5) is 42.2.